The number of fused-ring (bicyclic) bond motifs is 1. The van der Waals surface area contributed by atoms with E-state index in [4.69, 9.17) is 20.4 Å². The van der Waals surface area contributed by atoms with Gasteiger partial charge in [-0.2, -0.15) is 0 Å². The van der Waals surface area contributed by atoms with Crippen LogP contribution in [0.3, 0.4) is 0 Å². The van der Waals surface area contributed by atoms with Gasteiger partial charge in [0.1, 0.15) is 6.04 Å². The number of hydrogen-bond donors (Lipinski definition) is 6. The van der Waals surface area contributed by atoms with Gasteiger partial charge in [0.25, 0.3) is 0 Å². The molecule has 0 bridgehead atoms. The summed E-state index contributed by atoms with van der Waals surface area (Å²) in [6.07, 6.45) is 0.0533. The summed E-state index contributed by atoms with van der Waals surface area (Å²) in [7, 11) is 0. The normalized spacial score (nSPS) is 20.8. The van der Waals surface area contributed by atoms with Crippen LogP contribution in [0.1, 0.15) is 57.1 Å². The predicted molar refractivity (Wildman–Crippen MR) is 176 cm³/mol. The van der Waals surface area contributed by atoms with E-state index >= 15 is 0 Å². The molecule has 13 heteroatoms. The first-order valence-corrected chi connectivity index (χ1v) is 16.4. The molecule has 6 N–H and O–H groups in total. The zero-order valence-corrected chi connectivity index (χ0v) is 27.4. The summed E-state index contributed by atoms with van der Waals surface area (Å²) < 4.78 is 0. The second-order valence-electron chi connectivity index (χ2n) is 13.1. The Kier molecular flexibility index (Phi) is 12.3. The highest BCUT2D eigenvalue weighted by atomic mass is 16.4. The molecule has 3 unspecified atom stereocenters. The number of hydrogen-bond acceptors (Lipinski definition) is 8. The monoisotopic (exact) mass is 666 g/mol. The minimum atomic E-state index is -2.27. The Bertz CT molecular complexity index is 1430. The molecule has 2 saturated heterocycles. The SMILES string of the molecule is CC1(C)C(=O)N(C2CCN(C(=O)C(CCc3ccccc3)NC(=O)[C@@H]3CCCNC3)CC2)c2ccccc21.O=C(O)C(O)C(O)C(=O)O. The van der Waals surface area contributed by atoms with Crippen molar-refractivity contribution >= 4 is 35.3 Å². The number of likely N-dealkylation sites (tertiary alicyclic amines) is 1. The van der Waals surface area contributed by atoms with Gasteiger partial charge in [-0.05, 0) is 76.1 Å². The number of carboxylic acid groups (broad SMARTS) is 2. The number of rotatable bonds is 10. The summed E-state index contributed by atoms with van der Waals surface area (Å²) in [5, 5.41) is 38.9. The molecule has 4 atom stereocenters. The molecule has 48 heavy (non-hydrogen) atoms. The second-order valence-corrected chi connectivity index (χ2v) is 13.1. The van der Waals surface area contributed by atoms with Gasteiger partial charge in [-0.1, -0.05) is 48.5 Å². The third-order valence-electron chi connectivity index (χ3n) is 9.38. The van der Waals surface area contributed by atoms with Gasteiger partial charge in [0.05, 0.1) is 11.3 Å². The first kappa shape index (κ1) is 36.5. The van der Waals surface area contributed by atoms with Gasteiger partial charge in [-0.15, -0.1) is 0 Å². The largest absolute Gasteiger partial charge is 0.479 e. The maximum Gasteiger partial charge on any atom is 0.335 e. The molecule has 2 aromatic carbocycles. The van der Waals surface area contributed by atoms with Crippen molar-refractivity contribution in [3.63, 3.8) is 0 Å². The van der Waals surface area contributed by atoms with Crippen molar-refractivity contribution in [1.29, 1.82) is 0 Å². The summed E-state index contributed by atoms with van der Waals surface area (Å²) in [5.41, 5.74) is 2.70. The first-order chi connectivity index (χ1) is 22.8. The lowest BCUT2D eigenvalue weighted by Gasteiger charge is -2.39. The average Bonchev–Trinajstić information content (AvgIpc) is 3.30. The van der Waals surface area contributed by atoms with Gasteiger partial charge in [-0.3, -0.25) is 14.4 Å². The molecule has 3 aliphatic heterocycles. The molecule has 3 amide bonds. The van der Waals surface area contributed by atoms with Gasteiger partial charge in [0.2, 0.25) is 17.7 Å². The maximum absolute atomic E-state index is 13.7. The Labute approximate surface area is 279 Å². The Hall–Kier alpha value is -4.33. The molecule has 260 valence electrons. The molecule has 0 radical (unpaired) electrons. The van der Waals surface area contributed by atoms with E-state index in [0.29, 0.717) is 26.1 Å². The van der Waals surface area contributed by atoms with Crippen molar-refractivity contribution in [3.05, 3.63) is 65.7 Å². The topological polar surface area (TPSA) is 197 Å². The number of amides is 3. The van der Waals surface area contributed by atoms with E-state index in [2.05, 4.69) is 22.8 Å². The molecule has 5 rings (SSSR count). The number of anilines is 1. The van der Waals surface area contributed by atoms with E-state index < -0.39 is 35.6 Å². The van der Waals surface area contributed by atoms with Crippen LogP contribution in [0.25, 0.3) is 0 Å². The lowest BCUT2D eigenvalue weighted by molar-refractivity contribution is -0.165. The van der Waals surface area contributed by atoms with Crippen molar-refractivity contribution in [1.82, 2.24) is 15.5 Å². The number of aliphatic hydroxyl groups is 2. The Balaban J connectivity index is 0.000000453. The van der Waals surface area contributed by atoms with Crippen LogP contribution < -0.4 is 15.5 Å². The summed E-state index contributed by atoms with van der Waals surface area (Å²) in [5.74, 6) is -3.53. The zero-order chi connectivity index (χ0) is 35.0. The molecule has 13 nitrogen and oxygen atoms in total. The van der Waals surface area contributed by atoms with Gasteiger partial charge < -0.3 is 40.9 Å². The van der Waals surface area contributed by atoms with E-state index in [0.717, 1.165) is 55.5 Å². The Morgan fingerprint density at radius 1 is 0.917 bits per heavy atom. The number of nitrogens with zero attached hydrogens (tertiary/aromatic N) is 2. The van der Waals surface area contributed by atoms with Crippen LogP contribution in [0.5, 0.6) is 0 Å². The van der Waals surface area contributed by atoms with E-state index in [9.17, 15) is 24.0 Å². The molecule has 2 fully saturated rings. The molecule has 0 aliphatic carbocycles. The van der Waals surface area contributed by atoms with Crippen molar-refractivity contribution in [2.45, 2.75) is 82.1 Å². The third kappa shape index (κ3) is 8.57. The van der Waals surface area contributed by atoms with E-state index in [1.54, 1.807) is 0 Å². The van der Waals surface area contributed by atoms with Crippen molar-refractivity contribution in [3.8, 4) is 0 Å². The van der Waals surface area contributed by atoms with Gasteiger partial charge >= 0.3 is 11.9 Å². The Morgan fingerprint density at radius 2 is 1.52 bits per heavy atom. The molecule has 0 spiro atoms. The summed E-state index contributed by atoms with van der Waals surface area (Å²) >= 11 is 0. The van der Waals surface area contributed by atoms with Crippen LogP contribution in [0, 0.1) is 5.92 Å². The van der Waals surface area contributed by atoms with E-state index in [1.165, 1.54) is 0 Å². The quantitative estimate of drug-likeness (QED) is 0.215. The van der Waals surface area contributed by atoms with Crippen molar-refractivity contribution in [2.75, 3.05) is 31.1 Å². The number of nitrogens with one attached hydrogen (secondary N) is 2. The van der Waals surface area contributed by atoms with Crippen molar-refractivity contribution < 1.29 is 44.4 Å². The van der Waals surface area contributed by atoms with E-state index in [1.807, 2.05) is 66.1 Å². The average molecular weight is 667 g/mol. The number of para-hydroxylation sites is 1. The van der Waals surface area contributed by atoms with Crippen LogP contribution >= 0.6 is 0 Å². The second kappa shape index (κ2) is 16.2. The van der Waals surface area contributed by atoms with Crippen LogP contribution in [0.15, 0.2) is 54.6 Å². The van der Waals surface area contributed by atoms with Gasteiger partial charge in [-0.25, -0.2) is 9.59 Å². The zero-order valence-electron chi connectivity index (χ0n) is 27.4. The molecule has 3 heterocycles. The summed E-state index contributed by atoms with van der Waals surface area (Å²) in [6.45, 7) is 6.76. The third-order valence-corrected chi connectivity index (χ3v) is 9.38. The highest BCUT2D eigenvalue weighted by molar-refractivity contribution is 6.08. The number of aliphatic hydroxyl groups excluding tert-OH is 2. The number of piperidine rings is 2. The fraction of sp³-hybridized carbons (Fsp3) is 0.514. The van der Waals surface area contributed by atoms with Crippen LogP contribution in [0.4, 0.5) is 5.69 Å². The molecular weight excluding hydrogens is 620 g/mol. The molecule has 3 aliphatic rings. The Morgan fingerprint density at radius 3 is 2.10 bits per heavy atom. The molecular formula is C35H46N4O9. The molecule has 2 aromatic rings. The van der Waals surface area contributed by atoms with E-state index in [-0.39, 0.29) is 29.7 Å². The number of carbonyl (C=O) groups is 5. The number of carboxylic acids is 2. The first-order valence-electron chi connectivity index (χ1n) is 16.4. The number of benzene rings is 2. The number of carbonyl (C=O) groups excluding carboxylic acids is 3. The predicted octanol–water partition coefficient (Wildman–Crippen LogP) is 1.30. The fourth-order valence-electron chi connectivity index (χ4n) is 6.51. The van der Waals surface area contributed by atoms with Gasteiger partial charge in [0, 0.05) is 31.4 Å². The fourth-order valence-corrected chi connectivity index (χ4v) is 6.51. The lowest BCUT2D eigenvalue weighted by atomic mass is 9.86. The number of aliphatic carboxylic acids is 2. The molecule has 0 aromatic heterocycles. The lowest BCUT2D eigenvalue weighted by Crippen LogP contribution is -2.55. The minimum Gasteiger partial charge on any atom is -0.479 e. The minimum absolute atomic E-state index is 0.00928. The summed E-state index contributed by atoms with van der Waals surface area (Å²) in [4.78, 5) is 63.6. The van der Waals surface area contributed by atoms with Crippen LogP contribution in [0.2, 0.25) is 0 Å². The van der Waals surface area contributed by atoms with Crippen LogP contribution in [-0.4, -0.2) is 105 Å². The van der Waals surface area contributed by atoms with Crippen molar-refractivity contribution in [2.24, 2.45) is 5.92 Å². The maximum atomic E-state index is 13.7. The molecule has 0 saturated carbocycles. The number of aryl methyl sites for hydroxylation is 1. The highest BCUT2D eigenvalue weighted by Crippen LogP contribution is 2.43. The smallest absolute Gasteiger partial charge is 0.335 e. The standard InChI is InChI=1S/C31H40N4O3.C4H6O6/c1-31(2)25-12-6-7-13-27(25)35(30(31)38)24-16-19-34(20-17-24)29(37)26(15-14-22-9-4-3-5-10-22)33-28(36)23-11-8-18-32-21-23;5-1(3(7)8)2(6)4(9)10/h3-7,9-10,12-13,23-24,26,32H,8,11,14-21H2,1-2H3,(H,33,36);1-2,5-6H,(H,7,8)(H,9,10)/t23-,26?;/m1./s1. The van der Waals surface area contributed by atoms with Gasteiger partial charge in [0.15, 0.2) is 12.2 Å². The highest BCUT2D eigenvalue weighted by Gasteiger charge is 2.47. The van der Waals surface area contributed by atoms with Crippen LogP contribution in [-0.2, 0) is 35.8 Å². The summed E-state index contributed by atoms with van der Waals surface area (Å²) in [6, 6.07) is 17.7.